The number of rotatable bonds is 17. The Morgan fingerprint density at radius 2 is 1.48 bits per heavy atom. The van der Waals surface area contributed by atoms with Crippen molar-refractivity contribution in [2.24, 2.45) is 11.7 Å². The van der Waals surface area contributed by atoms with Gasteiger partial charge in [-0.05, 0) is 6.42 Å². The van der Waals surface area contributed by atoms with Crippen molar-refractivity contribution in [2.75, 3.05) is 11.5 Å². The van der Waals surface area contributed by atoms with Gasteiger partial charge in [-0.25, -0.2) is 0 Å². The Balaban J connectivity index is 3.50. The Labute approximate surface area is 146 Å². The molecule has 4 nitrogen and oxygen atoms in total. The highest BCUT2D eigenvalue weighted by Gasteiger charge is 2.16. The molecule has 0 saturated carbocycles. The summed E-state index contributed by atoms with van der Waals surface area (Å²) in [5.41, 5.74) is 5.07. The molecule has 0 aromatic carbocycles. The van der Waals surface area contributed by atoms with Crippen LogP contribution in [0.25, 0.3) is 0 Å². The summed E-state index contributed by atoms with van der Waals surface area (Å²) in [6, 6.07) is 0. The van der Waals surface area contributed by atoms with E-state index in [2.05, 4.69) is 6.92 Å². The van der Waals surface area contributed by atoms with Gasteiger partial charge in [-0.15, -0.1) is 0 Å². The number of carboxylic acids is 1. The fraction of sp³-hybridized carbons (Fsp3) is 0.889. The number of hydrogen-bond acceptors (Lipinski definition) is 3. The van der Waals surface area contributed by atoms with Crippen LogP contribution in [0, 0.1) is 5.92 Å². The zero-order valence-corrected chi connectivity index (χ0v) is 15.5. The van der Waals surface area contributed by atoms with Gasteiger partial charge in [0, 0.05) is 17.9 Å². The number of unbranched alkanes of at least 4 members (excludes halogenated alkanes) is 9. The third-order valence-corrected chi connectivity index (χ3v) is 5.20. The molecule has 0 aromatic heterocycles. The van der Waals surface area contributed by atoms with Crippen LogP contribution in [0.15, 0.2) is 0 Å². The van der Waals surface area contributed by atoms with Crippen molar-refractivity contribution in [3.05, 3.63) is 0 Å². The third kappa shape index (κ3) is 15.9. The molecule has 0 spiro atoms. The highest BCUT2D eigenvalue weighted by Crippen LogP contribution is 2.18. The molecule has 23 heavy (non-hydrogen) atoms. The van der Waals surface area contributed by atoms with Gasteiger partial charge in [0.15, 0.2) is 0 Å². The first-order valence-electron chi connectivity index (χ1n) is 9.16. The molecule has 0 bridgehead atoms. The lowest BCUT2D eigenvalue weighted by molar-refractivity contribution is -0.141. The Bertz CT molecular complexity index is 311. The minimum Gasteiger partial charge on any atom is -0.481 e. The maximum Gasteiger partial charge on any atom is 0.307 e. The van der Waals surface area contributed by atoms with Crippen LogP contribution < -0.4 is 5.73 Å². The summed E-state index contributed by atoms with van der Waals surface area (Å²) in [6.07, 6.45) is 13.7. The molecule has 0 aromatic rings. The van der Waals surface area contributed by atoms with Crippen molar-refractivity contribution < 1.29 is 14.7 Å². The lowest BCUT2D eigenvalue weighted by atomic mass is 10.0. The topological polar surface area (TPSA) is 80.4 Å². The lowest BCUT2D eigenvalue weighted by Gasteiger charge is -2.11. The number of nitrogens with two attached hydrogens (primary N) is 1. The summed E-state index contributed by atoms with van der Waals surface area (Å²) in [6.45, 7) is 2.24. The molecule has 0 radical (unpaired) electrons. The molecule has 0 heterocycles. The molecule has 1 amide bonds. The standard InChI is InChI=1S/C18H35NO3S/c1-2-3-4-5-6-7-8-9-10-11-12-16(18(21)22)15-23-14-13-17(19)20/h16H,2-15H2,1H3,(H2,19,20)(H,21,22). The van der Waals surface area contributed by atoms with Gasteiger partial charge in [-0.3, -0.25) is 9.59 Å². The summed E-state index contributed by atoms with van der Waals surface area (Å²) in [5, 5.41) is 9.22. The second-order valence-corrected chi connectivity index (χ2v) is 7.45. The van der Waals surface area contributed by atoms with Crippen molar-refractivity contribution >= 4 is 23.6 Å². The molecule has 3 N–H and O–H groups in total. The normalized spacial score (nSPS) is 12.2. The fourth-order valence-electron chi connectivity index (χ4n) is 2.55. The molecule has 0 rings (SSSR count). The largest absolute Gasteiger partial charge is 0.481 e. The predicted octanol–water partition coefficient (Wildman–Crippen LogP) is 4.61. The van der Waals surface area contributed by atoms with E-state index in [1.54, 1.807) is 0 Å². The molecule has 0 aliphatic rings. The smallest absolute Gasteiger partial charge is 0.307 e. The van der Waals surface area contributed by atoms with E-state index in [0.717, 1.165) is 19.3 Å². The zero-order valence-electron chi connectivity index (χ0n) is 14.7. The predicted molar refractivity (Wildman–Crippen MR) is 98.7 cm³/mol. The maximum atomic E-state index is 11.2. The van der Waals surface area contributed by atoms with Gasteiger partial charge in [0.2, 0.25) is 5.91 Å². The maximum absolute atomic E-state index is 11.2. The summed E-state index contributed by atoms with van der Waals surface area (Å²) in [4.78, 5) is 21.9. The Morgan fingerprint density at radius 3 is 1.96 bits per heavy atom. The van der Waals surface area contributed by atoms with E-state index in [1.807, 2.05) is 0 Å². The minimum atomic E-state index is -0.715. The Hall–Kier alpha value is -0.710. The molecule has 5 heteroatoms. The number of thioether (sulfide) groups is 1. The molecular weight excluding hydrogens is 310 g/mol. The molecule has 1 unspecified atom stereocenters. The van der Waals surface area contributed by atoms with E-state index in [-0.39, 0.29) is 11.8 Å². The van der Waals surface area contributed by atoms with Crippen LogP contribution in [0.1, 0.15) is 84.0 Å². The van der Waals surface area contributed by atoms with Gasteiger partial charge >= 0.3 is 5.97 Å². The Morgan fingerprint density at radius 1 is 0.957 bits per heavy atom. The number of primary amides is 1. The molecule has 1 atom stereocenters. The molecule has 0 aliphatic carbocycles. The van der Waals surface area contributed by atoms with Gasteiger partial charge in [0.1, 0.15) is 0 Å². The van der Waals surface area contributed by atoms with Crippen LogP contribution in [-0.4, -0.2) is 28.5 Å². The molecule has 0 saturated heterocycles. The van der Waals surface area contributed by atoms with Crippen molar-refractivity contribution in [3.8, 4) is 0 Å². The SMILES string of the molecule is CCCCCCCCCCCCC(CSCCC(N)=O)C(=O)O. The van der Waals surface area contributed by atoms with Crippen LogP contribution in [-0.2, 0) is 9.59 Å². The van der Waals surface area contributed by atoms with Crippen LogP contribution in [0.4, 0.5) is 0 Å². The van der Waals surface area contributed by atoms with E-state index in [4.69, 9.17) is 5.73 Å². The quantitative estimate of drug-likeness (QED) is 0.377. The molecule has 0 fully saturated rings. The van der Waals surface area contributed by atoms with Gasteiger partial charge < -0.3 is 10.8 Å². The number of carboxylic acid groups (broad SMARTS) is 1. The van der Waals surface area contributed by atoms with Crippen molar-refractivity contribution in [1.82, 2.24) is 0 Å². The van der Waals surface area contributed by atoms with E-state index >= 15 is 0 Å². The van der Waals surface area contributed by atoms with Crippen LogP contribution in [0.3, 0.4) is 0 Å². The van der Waals surface area contributed by atoms with Gasteiger partial charge in [-0.1, -0.05) is 71.1 Å². The number of hydrogen-bond donors (Lipinski definition) is 2. The molecular formula is C18H35NO3S. The number of carbonyl (C=O) groups is 2. The van der Waals surface area contributed by atoms with Gasteiger partial charge in [-0.2, -0.15) is 11.8 Å². The van der Waals surface area contributed by atoms with Crippen LogP contribution >= 0.6 is 11.8 Å². The summed E-state index contributed by atoms with van der Waals surface area (Å²) < 4.78 is 0. The van der Waals surface area contributed by atoms with E-state index in [0.29, 0.717) is 17.9 Å². The monoisotopic (exact) mass is 345 g/mol. The van der Waals surface area contributed by atoms with Crippen molar-refractivity contribution in [2.45, 2.75) is 84.0 Å². The summed E-state index contributed by atoms with van der Waals surface area (Å²) in [7, 11) is 0. The first kappa shape index (κ1) is 22.3. The first-order valence-corrected chi connectivity index (χ1v) is 10.3. The zero-order chi connectivity index (χ0) is 17.3. The highest BCUT2D eigenvalue weighted by molar-refractivity contribution is 7.99. The van der Waals surface area contributed by atoms with Crippen LogP contribution in [0.2, 0.25) is 0 Å². The lowest BCUT2D eigenvalue weighted by Crippen LogP contribution is -2.17. The fourth-order valence-corrected chi connectivity index (χ4v) is 3.66. The van der Waals surface area contributed by atoms with Gasteiger partial charge in [0.25, 0.3) is 0 Å². The second kappa shape index (κ2) is 16.2. The molecule has 136 valence electrons. The second-order valence-electron chi connectivity index (χ2n) is 6.30. The molecule has 0 aliphatic heterocycles. The van der Waals surface area contributed by atoms with E-state index < -0.39 is 5.97 Å². The Kier molecular flexibility index (Phi) is 15.7. The minimum absolute atomic E-state index is 0.290. The number of amides is 1. The van der Waals surface area contributed by atoms with Crippen LogP contribution in [0.5, 0.6) is 0 Å². The van der Waals surface area contributed by atoms with Crippen molar-refractivity contribution in [3.63, 3.8) is 0 Å². The third-order valence-electron chi connectivity index (χ3n) is 4.07. The van der Waals surface area contributed by atoms with E-state index in [9.17, 15) is 14.7 Å². The summed E-state index contributed by atoms with van der Waals surface area (Å²) in [5.74, 6) is -0.120. The number of aliphatic carboxylic acids is 1. The highest BCUT2D eigenvalue weighted by atomic mass is 32.2. The summed E-state index contributed by atoms with van der Waals surface area (Å²) >= 11 is 1.52. The first-order chi connectivity index (χ1) is 11.1. The number of carbonyl (C=O) groups excluding carboxylic acids is 1. The van der Waals surface area contributed by atoms with Crippen molar-refractivity contribution in [1.29, 1.82) is 0 Å². The van der Waals surface area contributed by atoms with E-state index in [1.165, 1.54) is 63.1 Å². The average molecular weight is 346 g/mol. The average Bonchev–Trinajstić information content (AvgIpc) is 2.50. The van der Waals surface area contributed by atoms with Gasteiger partial charge in [0.05, 0.1) is 5.92 Å².